The van der Waals surface area contributed by atoms with E-state index in [-0.39, 0.29) is 4.90 Å². The molecule has 1 heterocycles. The highest BCUT2D eigenvalue weighted by Crippen LogP contribution is 2.28. The molecule has 3 aromatic carbocycles. The van der Waals surface area contributed by atoms with Crippen molar-refractivity contribution in [3.8, 4) is 11.5 Å². The molecule has 0 saturated heterocycles. The van der Waals surface area contributed by atoms with Crippen LogP contribution < -0.4 is 24.8 Å². The van der Waals surface area contributed by atoms with Crippen molar-refractivity contribution in [3.05, 3.63) is 83.6 Å². The number of benzene rings is 3. The Morgan fingerprint density at radius 1 is 0.789 bits per heavy atom. The van der Waals surface area contributed by atoms with Gasteiger partial charge in [-0.3, -0.25) is 4.72 Å². The highest BCUT2D eigenvalue weighted by molar-refractivity contribution is 7.92. The molecule has 10 heteroatoms. The van der Waals surface area contributed by atoms with Gasteiger partial charge in [0.1, 0.15) is 17.3 Å². The summed E-state index contributed by atoms with van der Waals surface area (Å²) in [5.74, 6) is 2.53. The summed E-state index contributed by atoms with van der Waals surface area (Å²) in [5, 5.41) is 6.43. The normalized spacial score (nSPS) is 11.1. The van der Waals surface area contributed by atoms with Gasteiger partial charge in [0.05, 0.1) is 18.6 Å². The van der Waals surface area contributed by atoms with Crippen LogP contribution in [-0.4, -0.2) is 32.1 Å². The number of hydrogen-bond donors (Lipinski definition) is 3. The van der Waals surface area contributed by atoms with Gasteiger partial charge >= 0.3 is 0 Å². The molecule has 9 nitrogen and oxygen atoms in total. The zero-order valence-corrected chi connectivity index (χ0v) is 22.8. The lowest BCUT2D eigenvalue weighted by Crippen LogP contribution is -2.14. The van der Waals surface area contributed by atoms with Crippen LogP contribution >= 0.6 is 0 Å². The average molecular weight is 534 g/mol. The fraction of sp³-hybridized carbons (Fsp3) is 0.214. The molecule has 4 aromatic rings. The maximum absolute atomic E-state index is 13.0. The van der Waals surface area contributed by atoms with Crippen molar-refractivity contribution >= 4 is 38.9 Å². The molecule has 0 unspecified atom stereocenters. The second-order valence-electron chi connectivity index (χ2n) is 8.70. The van der Waals surface area contributed by atoms with E-state index in [0.29, 0.717) is 35.5 Å². The van der Waals surface area contributed by atoms with Gasteiger partial charge in [-0.15, -0.1) is 0 Å². The minimum absolute atomic E-state index is 0.184. The molecular formula is C28H31N5O4S. The monoisotopic (exact) mass is 533 g/mol. The Bertz CT molecular complexity index is 1500. The van der Waals surface area contributed by atoms with Crippen LogP contribution in [0.3, 0.4) is 0 Å². The quantitative estimate of drug-likeness (QED) is 0.224. The van der Waals surface area contributed by atoms with Gasteiger partial charge < -0.3 is 20.1 Å². The van der Waals surface area contributed by atoms with E-state index in [2.05, 4.69) is 25.3 Å². The third kappa shape index (κ3) is 6.51. The number of methoxy groups -OCH3 is 1. The van der Waals surface area contributed by atoms with Crippen molar-refractivity contribution in [3.63, 3.8) is 0 Å². The number of sulfonamides is 1. The molecule has 3 N–H and O–H groups in total. The predicted octanol–water partition coefficient (Wildman–Crippen LogP) is 6.10. The van der Waals surface area contributed by atoms with Gasteiger partial charge in [0.15, 0.2) is 0 Å². The van der Waals surface area contributed by atoms with Crippen molar-refractivity contribution in [2.75, 3.05) is 29.1 Å². The molecule has 0 radical (unpaired) electrons. The van der Waals surface area contributed by atoms with E-state index in [1.54, 1.807) is 43.5 Å². The van der Waals surface area contributed by atoms with Crippen LogP contribution in [-0.2, 0) is 10.0 Å². The molecular weight excluding hydrogens is 502 g/mol. The summed E-state index contributed by atoms with van der Waals surface area (Å²) in [6, 6.07) is 19.5. The number of rotatable bonds is 10. The molecule has 0 aliphatic heterocycles. The van der Waals surface area contributed by atoms with Crippen molar-refractivity contribution in [1.82, 2.24) is 9.97 Å². The first-order valence-electron chi connectivity index (χ1n) is 12.1. The first-order valence-corrected chi connectivity index (χ1v) is 13.6. The van der Waals surface area contributed by atoms with E-state index in [1.807, 2.05) is 58.0 Å². The van der Waals surface area contributed by atoms with E-state index >= 15 is 0 Å². The summed E-state index contributed by atoms with van der Waals surface area (Å²) >= 11 is 0. The Labute approximate surface area is 223 Å². The molecule has 0 fully saturated rings. The zero-order valence-electron chi connectivity index (χ0n) is 22.0. The Kier molecular flexibility index (Phi) is 8.02. The van der Waals surface area contributed by atoms with Gasteiger partial charge in [0.25, 0.3) is 10.0 Å². The number of aromatic nitrogens is 2. The first kappa shape index (κ1) is 26.7. The molecule has 0 aliphatic carbocycles. The first-order chi connectivity index (χ1) is 18.2. The molecule has 198 valence electrons. The lowest BCUT2D eigenvalue weighted by Gasteiger charge is -2.14. The van der Waals surface area contributed by atoms with Crippen LogP contribution in [0.25, 0.3) is 0 Å². The summed E-state index contributed by atoms with van der Waals surface area (Å²) in [5.41, 5.74) is 4.33. The summed E-state index contributed by atoms with van der Waals surface area (Å²) in [6.45, 7) is 7.97. The fourth-order valence-corrected chi connectivity index (χ4v) is 5.14. The maximum Gasteiger partial charge on any atom is 0.261 e. The second-order valence-corrected chi connectivity index (χ2v) is 10.4. The molecule has 0 atom stereocenters. The maximum atomic E-state index is 13.0. The molecule has 0 bridgehead atoms. The van der Waals surface area contributed by atoms with Gasteiger partial charge in [-0.05, 0) is 99.5 Å². The topological polar surface area (TPSA) is 114 Å². The molecule has 0 aliphatic rings. The third-order valence-corrected chi connectivity index (χ3v) is 7.00. The fourth-order valence-electron chi connectivity index (χ4n) is 3.91. The predicted molar refractivity (Wildman–Crippen MR) is 151 cm³/mol. The number of nitrogens with zero attached hydrogens (tertiary/aromatic N) is 2. The lowest BCUT2D eigenvalue weighted by atomic mass is 10.1. The van der Waals surface area contributed by atoms with Gasteiger partial charge in [-0.2, -0.15) is 4.98 Å². The Morgan fingerprint density at radius 3 is 1.97 bits per heavy atom. The van der Waals surface area contributed by atoms with Crippen LogP contribution in [0.4, 0.5) is 28.8 Å². The molecule has 4 rings (SSSR count). The van der Waals surface area contributed by atoms with Crippen LogP contribution in [0.1, 0.15) is 23.7 Å². The van der Waals surface area contributed by atoms with Crippen molar-refractivity contribution in [1.29, 1.82) is 0 Å². The minimum Gasteiger partial charge on any atom is -0.497 e. The second kappa shape index (κ2) is 11.4. The highest BCUT2D eigenvalue weighted by Gasteiger charge is 2.18. The molecule has 38 heavy (non-hydrogen) atoms. The van der Waals surface area contributed by atoms with Crippen LogP contribution in [0, 0.1) is 20.8 Å². The van der Waals surface area contributed by atoms with Gasteiger partial charge in [0, 0.05) is 28.8 Å². The van der Waals surface area contributed by atoms with Crippen molar-refractivity contribution in [2.45, 2.75) is 32.6 Å². The summed E-state index contributed by atoms with van der Waals surface area (Å²) in [6.07, 6.45) is 0. The van der Waals surface area contributed by atoms with Crippen LogP contribution in [0.2, 0.25) is 0 Å². The number of hydrogen-bond acceptors (Lipinski definition) is 8. The zero-order chi connectivity index (χ0) is 27.3. The standard InChI is InChI=1S/C28H31N5O4S/c1-6-37-27-18(2)15-25(16-19(27)3)38(34,35)33-23-9-7-22(8-10-23)31-28-29-20(4)17-26(32-28)30-21-11-13-24(36-5)14-12-21/h7-17,33H,6H2,1-5H3,(H2,29,30,31,32). The third-order valence-electron chi connectivity index (χ3n) is 5.64. The molecule has 1 aromatic heterocycles. The van der Waals surface area contributed by atoms with E-state index in [9.17, 15) is 8.42 Å². The largest absolute Gasteiger partial charge is 0.497 e. The van der Waals surface area contributed by atoms with E-state index in [0.717, 1.165) is 28.3 Å². The summed E-state index contributed by atoms with van der Waals surface area (Å²) in [7, 11) is -2.15. The van der Waals surface area contributed by atoms with Crippen molar-refractivity contribution < 1.29 is 17.9 Å². The molecule has 0 spiro atoms. The average Bonchev–Trinajstić information content (AvgIpc) is 2.87. The van der Waals surface area contributed by atoms with Gasteiger partial charge in [0.2, 0.25) is 5.95 Å². The number of ether oxygens (including phenoxy) is 2. The van der Waals surface area contributed by atoms with Crippen molar-refractivity contribution in [2.24, 2.45) is 0 Å². The minimum atomic E-state index is -3.77. The number of nitrogens with one attached hydrogen (secondary N) is 3. The Morgan fingerprint density at radius 2 is 1.37 bits per heavy atom. The van der Waals surface area contributed by atoms with Crippen LogP contribution in [0.15, 0.2) is 71.6 Å². The van der Waals surface area contributed by atoms with Gasteiger partial charge in [-0.25, -0.2) is 13.4 Å². The van der Waals surface area contributed by atoms with Crippen LogP contribution in [0.5, 0.6) is 11.5 Å². The molecule has 0 saturated carbocycles. The van der Waals surface area contributed by atoms with E-state index < -0.39 is 10.0 Å². The van der Waals surface area contributed by atoms with E-state index in [1.165, 1.54) is 0 Å². The highest BCUT2D eigenvalue weighted by atomic mass is 32.2. The number of anilines is 5. The smallest absolute Gasteiger partial charge is 0.261 e. The Balaban J connectivity index is 1.46. The summed E-state index contributed by atoms with van der Waals surface area (Å²) in [4.78, 5) is 9.17. The lowest BCUT2D eigenvalue weighted by molar-refractivity contribution is 0.335. The van der Waals surface area contributed by atoms with Gasteiger partial charge in [-0.1, -0.05) is 0 Å². The Hall–Kier alpha value is -4.31. The summed E-state index contributed by atoms with van der Waals surface area (Å²) < 4.78 is 39.5. The SMILES string of the molecule is CCOc1c(C)cc(S(=O)(=O)Nc2ccc(Nc3nc(C)cc(Nc4ccc(OC)cc4)n3)cc2)cc1C. The number of aryl methyl sites for hydroxylation is 3. The molecule has 0 amide bonds. The van der Waals surface area contributed by atoms with E-state index in [4.69, 9.17) is 9.47 Å².